The first-order valence-corrected chi connectivity index (χ1v) is 12.1. The average Bonchev–Trinajstić information content (AvgIpc) is 3.35. The van der Waals surface area contributed by atoms with Crippen LogP contribution < -0.4 is 10.2 Å². The van der Waals surface area contributed by atoms with Gasteiger partial charge >= 0.3 is 6.18 Å². The van der Waals surface area contributed by atoms with E-state index in [1.54, 1.807) is 0 Å². The van der Waals surface area contributed by atoms with Gasteiger partial charge in [-0.3, -0.25) is 4.79 Å². The van der Waals surface area contributed by atoms with Crippen molar-refractivity contribution in [2.75, 3.05) is 49.6 Å². The molecule has 7 nitrogen and oxygen atoms in total. The van der Waals surface area contributed by atoms with Crippen molar-refractivity contribution in [3.05, 3.63) is 53.6 Å². The first kappa shape index (κ1) is 23.5. The third-order valence-corrected chi connectivity index (χ3v) is 7.62. The van der Waals surface area contributed by atoms with Crippen LogP contribution in [-0.4, -0.2) is 58.0 Å². The van der Waals surface area contributed by atoms with Gasteiger partial charge in [-0.25, -0.2) is 8.42 Å². The molecule has 0 unspecified atom stereocenters. The monoisotopic (exact) mass is 483 g/mol. The molecule has 0 aliphatic carbocycles. The number of halogens is 3. The average molecular weight is 484 g/mol. The van der Waals surface area contributed by atoms with E-state index < -0.39 is 27.7 Å². The standard InChI is InChI=1S/C22H24F3N3O4S/c23-22(24,25)17-6-7-20(27-10-12-32-13-11-27)19(15-17)26-21(29)16-4-3-5-18(14-16)33(30,31)28-8-1-2-9-28/h3-7,14-15H,1-2,8-13H2,(H,26,29). The van der Waals surface area contributed by atoms with Gasteiger partial charge < -0.3 is 15.0 Å². The predicted octanol–water partition coefficient (Wildman–Crippen LogP) is 3.58. The van der Waals surface area contributed by atoms with Crippen molar-refractivity contribution in [1.82, 2.24) is 4.31 Å². The molecular weight excluding hydrogens is 459 g/mol. The Bertz CT molecular complexity index is 1130. The largest absolute Gasteiger partial charge is 0.416 e. The molecule has 1 N–H and O–H groups in total. The van der Waals surface area contributed by atoms with Crippen LogP contribution in [0.15, 0.2) is 47.4 Å². The number of benzene rings is 2. The molecule has 1 amide bonds. The van der Waals surface area contributed by atoms with E-state index in [1.165, 1.54) is 34.6 Å². The Morgan fingerprint density at radius 2 is 1.67 bits per heavy atom. The molecule has 2 aliphatic rings. The van der Waals surface area contributed by atoms with Crippen molar-refractivity contribution in [2.45, 2.75) is 23.9 Å². The summed E-state index contributed by atoms with van der Waals surface area (Å²) < 4.78 is 72.3. The van der Waals surface area contributed by atoms with Crippen molar-refractivity contribution >= 4 is 27.3 Å². The number of hydrogen-bond acceptors (Lipinski definition) is 5. The molecule has 2 heterocycles. The number of rotatable bonds is 5. The maximum absolute atomic E-state index is 13.3. The molecule has 0 bridgehead atoms. The molecule has 0 saturated carbocycles. The molecule has 4 rings (SSSR count). The zero-order valence-electron chi connectivity index (χ0n) is 17.8. The zero-order chi connectivity index (χ0) is 23.6. The Labute approximate surface area is 190 Å². The van der Waals surface area contributed by atoms with Crippen molar-refractivity contribution in [3.8, 4) is 0 Å². The summed E-state index contributed by atoms with van der Waals surface area (Å²) in [4.78, 5) is 14.8. The Balaban J connectivity index is 1.63. The fourth-order valence-electron chi connectivity index (χ4n) is 3.96. The molecule has 2 aromatic rings. The SMILES string of the molecule is O=C(Nc1cc(C(F)(F)F)ccc1N1CCOCC1)c1cccc(S(=O)(=O)N2CCCC2)c1. The predicted molar refractivity (Wildman–Crippen MR) is 117 cm³/mol. The van der Waals surface area contributed by atoms with Crippen LogP contribution in [0.1, 0.15) is 28.8 Å². The van der Waals surface area contributed by atoms with Gasteiger partial charge in [0.15, 0.2) is 0 Å². The molecular formula is C22H24F3N3O4S. The molecule has 2 aromatic carbocycles. The maximum atomic E-state index is 13.3. The molecule has 0 radical (unpaired) electrons. The lowest BCUT2D eigenvalue weighted by atomic mass is 10.1. The molecule has 11 heteroatoms. The number of sulfonamides is 1. The van der Waals surface area contributed by atoms with Gasteiger partial charge in [0.25, 0.3) is 5.91 Å². The summed E-state index contributed by atoms with van der Waals surface area (Å²) in [6.45, 7) is 2.63. The van der Waals surface area contributed by atoms with Gasteiger partial charge in [0, 0.05) is 31.7 Å². The fraction of sp³-hybridized carbons (Fsp3) is 0.409. The Kier molecular flexibility index (Phi) is 6.64. The normalized spacial score (nSPS) is 17.8. The lowest BCUT2D eigenvalue weighted by Crippen LogP contribution is -2.36. The number of morpholine rings is 1. The summed E-state index contributed by atoms with van der Waals surface area (Å²) in [5.74, 6) is -0.692. The number of ether oxygens (including phenoxy) is 1. The highest BCUT2D eigenvalue weighted by molar-refractivity contribution is 7.89. The first-order chi connectivity index (χ1) is 15.7. The number of anilines is 2. The van der Waals surface area contributed by atoms with Crippen LogP contribution in [-0.2, 0) is 20.9 Å². The molecule has 0 spiro atoms. The first-order valence-electron chi connectivity index (χ1n) is 10.6. The van der Waals surface area contributed by atoms with Crippen LogP contribution in [0.25, 0.3) is 0 Å². The summed E-state index contributed by atoms with van der Waals surface area (Å²) >= 11 is 0. The lowest BCUT2D eigenvalue weighted by molar-refractivity contribution is -0.137. The number of alkyl halides is 3. The zero-order valence-corrected chi connectivity index (χ0v) is 18.6. The van der Waals surface area contributed by atoms with E-state index in [0.29, 0.717) is 45.1 Å². The Morgan fingerprint density at radius 3 is 2.33 bits per heavy atom. The van der Waals surface area contributed by atoms with E-state index in [-0.39, 0.29) is 16.1 Å². The molecule has 2 aliphatic heterocycles. The molecule has 178 valence electrons. The smallest absolute Gasteiger partial charge is 0.378 e. The van der Waals surface area contributed by atoms with E-state index in [1.807, 2.05) is 4.90 Å². The number of nitrogens with zero attached hydrogens (tertiary/aromatic N) is 2. The van der Waals surface area contributed by atoms with Crippen LogP contribution in [0, 0.1) is 0 Å². The lowest BCUT2D eigenvalue weighted by Gasteiger charge is -2.31. The Morgan fingerprint density at radius 1 is 0.970 bits per heavy atom. The van der Waals surface area contributed by atoms with Crippen LogP contribution in [0.2, 0.25) is 0 Å². The highest BCUT2D eigenvalue weighted by Gasteiger charge is 2.32. The third-order valence-electron chi connectivity index (χ3n) is 5.72. The van der Waals surface area contributed by atoms with E-state index in [2.05, 4.69) is 5.32 Å². The highest BCUT2D eigenvalue weighted by Crippen LogP contribution is 2.36. The minimum Gasteiger partial charge on any atom is -0.378 e. The molecule has 0 atom stereocenters. The van der Waals surface area contributed by atoms with Gasteiger partial charge in [-0.1, -0.05) is 6.07 Å². The molecule has 2 saturated heterocycles. The fourth-order valence-corrected chi connectivity index (χ4v) is 5.53. The van der Waals surface area contributed by atoms with Gasteiger partial charge in [0.2, 0.25) is 10.0 Å². The van der Waals surface area contributed by atoms with Gasteiger partial charge in [-0.2, -0.15) is 17.5 Å². The van der Waals surface area contributed by atoms with Gasteiger partial charge in [0.05, 0.1) is 35.0 Å². The maximum Gasteiger partial charge on any atom is 0.416 e. The van der Waals surface area contributed by atoms with Crippen LogP contribution in [0.4, 0.5) is 24.5 Å². The minimum atomic E-state index is -4.58. The summed E-state index contributed by atoms with van der Waals surface area (Å²) in [5, 5.41) is 2.55. The summed E-state index contributed by atoms with van der Waals surface area (Å²) in [6, 6.07) is 8.75. The number of hydrogen-bond donors (Lipinski definition) is 1. The molecule has 2 fully saturated rings. The van der Waals surface area contributed by atoms with Gasteiger partial charge in [0.1, 0.15) is 0 Å². The van der Waals surface area contributed by atoms with E-state index in [4.69, 9.17) is 4.74 Å². The number of carbonyl (C=O) groups excluding carboxylic acids is 1. The van der Waals surface area contributed by atoms with E-state index in [9.17, 15) is 26.4 Å². The van der Waals surface area contributed by atoms with Crippen LogP contribution in [0.5, 0.6) is 0 Å². The second-order valence-electron chi connectivity index (χ2n) is 7.92. The van der Waals surface area contributed by atoms with Gasteiger partial charge in [-0.15, -0.1) is 0 Å². The molecule has 33 heavy (non-hydrogen) atoms. The minimum absolute atomic E-state index is 0.00419. The highest BCUT2D eigenvalue weighted by atomic mass is 32.2. The summed E-state index contributed by atoms with van der Waals surface area (Å²) in [6.07, 6.45) is -3.02. The van der Waals surface area contributed by atoms with Gasteiger partial charge in [-0.05, 0) is 49.2 Å². The molecule has 0 aromatic heterocycles. The summed E-state index contributed by atoms with van der Waals surface area (Å²) in [5.41, 5.74) is -0.397. The summed E-state index contributed by atoms with van der Waals surface area (Å²) in [7, 11) is -3.74. The number of amides is 1. The van der Waals surface area contributed by atoms with Crippen molar-refractivity contribution in [1.29, 1.82) is 0 Å². The van der Waals surface area contributed by atoms with Crippen LogP contribution >= 0.6 is 0 Å². The second-order valence-corrected chi connectivity index (χ2v) is 9.86. The quantitative estimate of drug-likeness (QED) is 0.704. The third kappa shape index (κ3) is 5.15. The van der Waals surface area contributed by atoms with Crippen molar-refractivity contribution < 1.29 is 31.1 Å². The number of nitrogens with one attached hydrogen (secondary N) is 1. The van der Waals surface area contributed by atoms with E-state index in [0.717, 1.165) is 25.0 Å². The second kappa shape index (κ2) is 9.32. The van der Waals surface area contributed by atoms with Crippen molar-refractivity contribution in [2.24, 2.45) is 0 Å². The Hall–Kier alpha value is -2.63. The van der Waals surface area contributed by atoms with Crippen LogP contribution in [0.3, 0.4) is 0 Å². The van der Waals surface area contributed by atoms with E-state index >= 15 is 0 Å². The number of carbonyl (C=O) groups is 1. The topological polar surface area (TPSA) is 79.0 Å². The van der Waals surface area contributed by atoms with Crippen molar-refractivity contribution in [3.63, 3.8) is 0 Å².